The topological polar surface area (TPSA) is 78.9 Å². The standard InChI is InChI=1S/C76H140O6/c1-4-7-10-13-16-19-22-25-28-30-31-32-33-34-35-36-37-38-39-40-41-42-43-44-45-46-49-51-54-57-60-63-66-69-75(78)81-72-73(71-80-74(77)68-65-62-59-56-53-50-47-27-24-21-18-15-12-9-6-3)82-76(79)70-67-64-61-58-55-52-48-29-26-23-20-17-14-11-8-5-2/h18,21-22,25,27,30-31,47,73H,4-17,19-20,23-24,26,28-29,32-46,48-72H2,1-3H3/b21-18-,25-22-,31-30-,47-27-. The van der Waals surface area contributed by atoms with Gasteiger partial charge in [-0.1, -0.05) is 345 Å². The molecule has 1 atom stereocenters. The Morgan fingerprint density at radius 2 is 0.439 bits per heavy atom. The second-order valence-electron chi connectivity index (χ2n) is 24.9. The zero-order chi connectivity index (χ0) is 59.2. The van der Waals surface area contributed by atoms with Crippen LogP contribution in [-0.4, -0.2) is 37.2 Å². The maximum absolute atomic E-state index is 12.9. The molecule has 0 amide bonds. The fourth-order valence-corrected chi connectivity index (χ4v) is 11.0. The van der Waals surface area contributed by atoms with Crippen LogP contribution in [0.1, 0.15) is 400 Å². The van der Waals surface area contributed by atoms with Gasteiger partial charge in [0.05, 0.1) is 0 Å². The van der Waals surface area contributed by atoms with E-state index >= 15 is 0 Å². The van der Waals surface area contributed by atoms with E-state index in [0.717, 1.165) is 83.5 Å². The third-order valence-corrected chi connectivity index (χ3v) is 16.6. The van der Waals surface area contributed by atoms with Crippen molar-refractivity contribution in [1.29, 1.82) is 0 Å². The third kappa shape index (κ3) is 68.2. The van der Waals surface area contributed by atoms with E-state index in [-0.39, 0.29) is 31.1 Å². The molecule has 0 aromatic carbocycles. The molecule has 82 heavy (non-hydrogen) atoms. The summed E-state index contributed by atoms with van der Waals surface area (Å²) in [6.07, 6.45) is 90.1. The van der Waals surface area contributed by atoms with Gasteiger partial charge in [0.2, 0.25) is 0 Å². The van der Waals surface area contributed by atoms with Crippen LogP contribution in [0, 0.1) is 0 Å². The summed E-state index contributed by atoms with van der Waals surface area (Å²) in [6, 6.07) is 0. The average Bonchev–Trinajstić information content (AvgIpc) is 3.47. The predicted octanol–water partition coefficient (Wildman–Crippen LogP) is 25.3. The molecule has 0 aromatic rings. The molecule has 0 radical (unpaired) electrons. The predicted molar refractivity (Wildman–Crippen MR) is 358 cm³/mol. The molecule has 0 spiro atoms. The Morgan fingerprint density at radius 3 is 0.695 bits per heavy atom. The first-order valence-corrected chi connectivity index (χ1v) is 36.6. The highest BCUT2D eigenvalue weighted by Gasteiger charge is 2.19. The zero-order valence-corrected chi connectivity index (χ0v) is 55.3. The molecule has 480 valence electrons. The first-order valence-electron chi connectivity index (χ1n) is 36.6. The van der Waals surface area contributed by atoms with Gasteiger partial charge in [-0.3, -0.25) is 14.4 Å². The molecule has 0 aromatic heterocycles. The largest absolute Gasteiger partial charge is 0.462 e. The van der Waals surface area contributed by atoms with Crippen LogP contribution in [0.2, 0.25) is 0 Å². The quantitative estimate of drug-likeness (QED) is 0.0261. The average molecular weight is 1150 g/mol. The number of hydrogen-bond acceptors (Lipinski definition) is 6. The van der Waals surface area contributed by atoms with Crippen molar-refractivity contribution in [1.82, 2.24) is 0 Å². The summed E-state index contributed by atoms with van der Waals surface area (Å²) in [7, 11) is 0. The van der Waals surface area contributed by atoms with E-state index in [2.05, 4.69) is 69.4 Å². The Kier molecular flexibility index (Phi) is 68.6. The lowest BCUT2D eigenvalue weighted by molar-refractivity contribution is -0.167. The van der Waals surface area contributed by atoms with Crippen LogP contribution in [0.15, 0.2) is 48.6 Å². The monoisotopic (exact) mass is 1150 g/mol. The number of ether oxygens (including phenoxy) is 3. The second kappa shape index (κ2) is 70.9. The molecular weight excluding hydrogens is 1010 g/mol. The van der Waals surface area contributed by atoms with Crippen molar-refractivity contribution in [2.45, 2.75) is 406 Å². The molecule has 0 fully saturated rings. The van der Waals surface area contributed by atoms with Gasteiger partial charge in [0, 0.05) is 19.3 Å². The Balaban J connectivity index is 4.13. The smallest absolute Gasteiger partial charge is 0.306 e. The Morgan fingerprint density at radius 1 is 0.244 bits per heavy atom. The van der Waals surface area contributed by atoms with Crippen molar-refractivity contribution in [3.63, 3.8) is 0 Å². The van der Waals surface area contributed by atoms with Gasteiger partial charge < -0.3 is 14.2 Å². The van der Waals surface area contributed by atoms with Crippen molar-refractivity contribution >= 4 is 17.9 Å². The lowest BCUT2D eigenvalue weighted by atomic mass is 10.0. The molecule has 0 aliphatic heterocycles. The van der Waals surface area contributed by atoms with Gasteiger partial charge in [-0.15, -0.1) is 0 Å². The van der Waals surface area contributed by atoms with Gasteiger partial charge in [-0.2, -0.15) is 0 Å². The van der Waals surface area contributed by atoms with Gasteiger partial charge in [0.25, 0.3) is 0 Å². The minimum absolute atomic E-state index is 0.0717. The maximum Gasteiger partial charge on any atom is 0.306 e. The molecule has 6 heteroatoms. The number of carbonyl (C=O) groups excluding carboxylic acids is 3. The Bertz CT molecular complexity index is 1410. The summed E-state index contributed by atoms with van der Waals surface area (Å²) in [5, 5.41) is 0. The van der Waals surface area contributed by atoms with Crippen molar-refractivity contribution in [3.05, 3.63) is 48.6 Å². The van der Waals surface area contributed by atoms with E-state index in [0.29, 0.717) is 19.3 Å². The van der Waals surface area contributed by atoms with E-state index in [1.807, 2.05) is 0 Å². The summed E-state index contributed by atoms with van der Waals surface area (Å²) in [5.41, 5.74) is 0. The van der Waals surface area contributed by atoms with E-state index in [1.54, 1.807) is 0 Å². The molecular formula is C76H140O6. The normalized spacial score (nSPS) is 12.3. The minimum atomic E-state index is -0.776. The van der Waals surface area contributed by atoms with Crippen molar-refractivity contribution in [2.75, 3.05) is 13.2 Å². The van der Waals surface area contributed by atoms with Crippen LogP contribution >= 0.6 is 0 Å². The second-order valence-corrected chi connectivity index (χ2v) is 24.9. The van der Waals surface area contributed by atoms with Crippen molar-refractivity contribution in [2.24, 2.45) is 0 Å². The van der Waals surface area contributed by atoms with Crippen LogP contribution in [0.4, 0.5) is 0 Å². The third-order valence-electron chi connectivity index (χ3n) is 16.6. The fraction of sp³-hybridized carbons (Fsp3) is 0.855. The zero-order valence-electron chi connectivity index (χ0n) is 55.3. The molecule has 0 rings (SSSR count). The van der Waals surface area contributed by atoms with Crippen LogP contribution in [-0.2, 0) is 28.6 Å². The van der Waals surface area contributed by atoms with Crippen molar-refractivity contribution < 1.29 is 28.6 Å². The van der Waals surface area contributed by atoms with E-state index in [1.165, 1.54) is 276 Å². The Labute approximate surface area is 511 Å². The molecule has 0 aliphatic rings. The van der Waals surface area contributed by atoms with Crippen molar-refractivity contribution in [3.8, 4) is 0 Å². The fourth-order valence-electron chi connectivity index (χ4n) is 11.0. The van der Waals surface area contributed by atoms with Gasteiger partial charge >= 0.3 is 17.9 Å². The highest BCUT2D eigenvalue weighted by Crippen LogP contribution is 2.19. The lowest BCUT2D eigenvalue weighted by Crippen LogP contribution is -2.30. The molecule has 0 N–H and O–H groups in total. The van der Waals surface area contributed by atoms with Crippen LogP contribution < -0.4 is 0 Å². The molecule has 1 unspecified atom stereocenters. The molecule has 0 bridgehead atoms. The number of allylic oxidation sites excluding steroid dienone is 8. The summed E-state index contributed by atoms with van der Waals surface area (Å²) in [4.78, 5) is 38.4. The summed E-state index contributed by atoms with van der Waals surface area (Å²) in [5.74, 6) is -0.857. The highest BCUT2D eigenvalue weighted by atomic mass is 16.6. The number of hydrogen-bond donors (Lipinski definition) is 0. The summed E-state index contributed by atoms with van der Waals surface area (Å²) < 4.78 is 17.0. The van der Waals surface area contributed by atoms with Crippen LogP contribution in [0.5, 0.6) is 0 Å². The van der Waals surface area contributed by atoms with Gasteiger partial charge in [-0.05, 0) is 83.5 Å². The lowest BCUT2D eigenvalue weighted by Gasteiger charge is -2.18. The first kappa shape index (κ1) is 79.4. The molecule has 0 saturated carbocycles. The maximum atomic E-state index is 12.9. The number of rotatable bonds is 68. The van der Waals surface area contributed by atoms with Crippen LogP contribution in [0.25, 0.3) is 0 Å². The van der Waals surface area contributed by atoms with E-state index in [9.17, 15) is 14.4 Å². The van der Waals surface area contributed by atoms with Crippen LogP contribution in [0.3, 0.4) is 0 Å². The van der Waals surface area contributed by atoms with Gasteiger partial charge in [0.15, 0.2) is 6.10 Å². The van der Waals surface area contributed by atoms with E-state index < -0.39 is 6.10 Å². The number of esters is 3. The van der Waals surface area contributed by atoms with Gasteiger partial charge in [-0.25, -0.2) is 0 Å². The molecule has 0 saturated heterocycles. The molecule has 6 nitrogen and oxygen atoms in total. The summed E-state index contributed by atoms with van der Waals surface area (Å²) >= 11 is 0. The number of carbonyl (C=O) groups is 3. The van der Waals surface area contributed by atoms with Gasteiger partial charge in [0.1, 0.15) is 13.2 Å². The summed E-state index contributed by atoms with van der Waals surface area (Å²) in [6.45, 7) is 6.66. The minimum Gasteiger partial charge on any atom is -0.462 e. The SMILES string of the molecule is CCCCC/C=C\C/C=C\CCCCCCCC(=O)OCC(COC(=O)CCCCCCCCCCCCCCCCCCCCCCC/C=C\C/C=C\CCCCCCC)OC(=O)CCCCCCCCCCCCCCCCCC. The Hall–Kier alpha value is -2.63. The van der Waals surface area contributed by atoms with E-state index in [4.69, 9.17) is 14.2 Å². The number of unbranched alkanes of at least 4 members (excludes halogenated alkanes) is 49. The highest BCUT2D eigenvalue weighted by molar-refractivity contribution is 5.71. The first-order chi connectivity index (χ1) is 40.5. The molecule has 0 aliphatic carbocycles. The molecule has 0 heterocycles.